The molecule has 0 aliphatic heterocycles. The van der Waals surface area contributed by atoms with Gasteiger partial charge in [0.05, 0.1) is 0 Å². The van der Waals surface area contributed by atoms with Crippen LogP contribution in [0.2, 0.25) is 0 Å². The maximum absolute atomic E-state index is 11.6. The van der Waals surface area contributed by atoms with Crippen molar-refractivity contribution in [3.63, 3.8) is 0 Å². The molecular formula is C18H14O4. The van der Waals surface area contributed by atoms with Gasteiger partial charge in [-0.2, -0.15) is 0 Å². The maximum atomic E-state index is 11.6. The van der Waals surface area contributed by atoms with Gasteiger partial charge in [-0.05, 0) is 22.3 Å². The van der Waals surface area contributed by atoms with Gasteiger partial charge in [0.1, 0.15) is 6.61 Å². The smallest absolute Gasteiger partial charge is 0.331 e. The van der Waals surface area contributed by atoms with E-state index < -0.39 is 11.9 Å². The van der Waals surface area contributed by atoms with Crippen molar-refractivity contribution in [3.8, 4) is 11.1 Å². The highest BCUT2D eigenvalue weighted by molar-refractivity contribution is 5.90. The number of ether oxygens (including phenoxy) is 1. The second-order valence-electron chi connectivity index (χ2n) is 5.03. The van der Waals surface area contributed by atoms with E-state index in [9.17, 15) is 9.59 Å². The Balaban J connectivity index is 1.82. The standard InChI is InChI=1S/C18H14O4/c19-17(20)9-10-18(21)22-11-16-14-7-3-1-5-12(14)13-6-2-4-8-15(13)16/h1-10,16H,11H2,(H,19,20)/b10-9+. The van der Waals surface area contributed by atoms with Crippen molar-refractivity contribution in [2.45, 2.75) is 5.92 Å². The molecule has 0 atom stereocenters. The Labute approximate surface area is 127 Å². The summed E-state index contributed by atoms with van der Waals surface area (Å²) in [5.41, 5.74) is 4.55. The lowest BCUT2D eigenvalue weighted by Gasteiger charge is -2.13. The Morgan fingerprint density at radius 2 is 1.50 bits per heavy atom. The number of aliphatic carboxylic acids is 1. The van der Waals surface area contributed by atoms with Crippen LogP contribution in [-0.2, 0) is 14.3 Å². The van der Waals surface area contributed by atoms with Crippen LogP contribution in [0, 0.1) is 0 Å². The molecule has 4 nitrogen and oxygen atoms in total. The third-order valence-corrected chi connectivity index (χ3v) is 3.72. The highest BCUT2D eigenvalue weighted by Crippen LogP contribution is 2.44. The summed E-state index contributed by atoms with van der Waals surface area (Å²) in [7, 11) is 0. The van der Waals surface area contributed by atoms with Gasteiger partial charge in [-0.15, -0.1) is 0 Å². The summed E-state index contributed by atoms with van der Waals surface area (Å²) in [6.45, 7) is 0.191. The summed E-state index contributed by atoms with van der Waals surface area (Å²) in [4.78, 5) is 22.0. The van der Waals surface area contributed by atoms with Crippen LogP contribution in [0.15, 0.2) is 60.7 Å². The zero-order valence-corrected chi connectivity index (χ0v) is 11.7. The number of carboxylic acid groups (broad SMARTS) is 1. The fraction of sp³-hybridized carbons (Fsp3) is 0.111. The summed E-state index contributed by atoms with van der Waals surface area (Å²) in [6.07, 6.45) is 1.70. The highest BCUT2D eigenvalue weighted by atomic mass is 16.5. The Morgan fingerprint density at radius 1 is 0.955 bits per heavy atom. The summed E-state index contributed by atoms with van der Waals surface area (Å²) >= 11 is 0. The molecule has 22 heavy (non-hydrogen) atoms. The van der Waals surface area contributed by atoms with E-state index in [0.717, 1.165) is 34.4 Å². The van der Waals surface area contributed by atoms with Gasteiger partial charge in [0.2, 0.25) is 0 Å². The average molecular weight is 294 g/mol. The largest absolute Gasteiger partial charge is 0.478 e. The van der Waals surface area contributed by atoms with Crippen LogP contribution < -0.4 is 0 Å². The van der Waals surface area contributed by atoms with Crippen molar-refractivity contribution in [2.75, 3.05) is 6.61 Å². The zero-order chi connectivity index (χ0) is 15.5. The molecule has 0 saturated carbocycles. The van der Waals surface area contributed by atoms with E-state index in [-0.39, 0.29) is 12.5 Å². The second-order valence-corrected chi connectivity index (χ2v) is 5.03. The number of carbonyl (C=O) groups is 2. The first-order valence-corrected chi connectivity index (χ1v) is 6.93. The minimum absolute atomic E-state index is 0.0189. The Bertz CT molecular complexity index is 716. The average Bonchev–Trinajstić information content (AvgIpc) is 2.85. The molecule has 0 amide bonds. The molecule has 3 rings (SSSR count). The fourth-order valence-corrected chi connectivity index (χ4v) is 2.79. The lowest BCUT2D eigenvalue weighted by Crippen LogP contribution is -2.11. The van der Waals surface area contributed by atoms with Crippen LogP contribution in [0.1, 0.15) is 17.0 Å². The van der Waals surface area contributed by atoms with Gasteiger partial charge in [-0.3, -0.25) is 0 Å². The molecular weight excluding hydrogens is 280 g/mol. The number of fused-ring (bicyclic) bond motifs is 3. The highest BCUT2D eigenvalue weighted by Gasteiger charge is 2.28. The molecule has 0 heterocycles. The van der Waals surface area contributed by atoms with Crippen LogP contribution in [0.4, 0.5) is 0 Å². The molecule has 1 aliphatic rings. The minimum atomic E-state index is -1.17. The van der Waals surface area contributed by atoms with Crippen LogP contribution in [-0.4, -0.2) is 23.7 Å². The normalized spacial score (nSPS) is 12.9. The van der Waals surface area contributed by atoms with Crippen LogP contribution in [0.5, 0.6) is 0 Å². The van der Waals surface area contributed by atoms with E-state index in [2.05, 4.69) is 12.1 Å². The molecule has 0 spiro atoms. The summed E-state index contributed by atoms with van der Waals surface area (Å²) in [6, 6.07) is 16.1. The fourth-order valence-electron chi connectivity index (χ4n) is 2.79. The summed E-state index contributed by atoms with van der Waals surface area (Å²) < 4.78 is 5.20. The molecule has 0 unspecified atom stereocenters. The number of benzene rings is 2. The first-order chi connectivity index (χ1) is 10.7. The van der Waals surface area contributed by atoms with Crippen molar-refractivity contribution in [2.24, 2.45) is 0 Å². The summed E-state index contributed by atoms with van der Waals surface area (Å²) in [5, 5.41) is 8.51. The van der Waals surface area contributed by atoms with E-state index in [1.54, 1.807) is 0 Å². The molecule has 0 fully saturated rings. The third-order valence-electron chi connectivity index (χ3n) is 3.72. The Morgan fingerprint density at radius 3 is 2.05 bits per heavy atom. The zero-order valence-electron chi connectivity index (χ0n) is 11.7. The number of esters is 1. The van der Waals surface area contributed by atoms with Gasteiger partial charge in [0.25, 0.3) is 0 Å². The molecule has 110 valence electrons. The van der Waals surface area contributed by atoms with Crippen molar-refractivity contribution >= 4 is 11.9 Å². The number of hydrogen-bond donors (Lipinski definition) is 1. The SMILES string of the molecule is O=C(O)/C=C/C(=O)OCC1c2ccccc2-c2ccccc21. The van der Waals surface area contributed by atoms with Gasteiger partial charge < -0.3 is 9.84 Å². The molecule has 0 bridgehead atoms. The van der Waals surface area contributed by atoms with Gasteiger partial charge >= 0.3 is 11.9 Å². The molecule has 0 saturated heterocycles. The predicted octanol–water partition coefficient (Wildman–Crippen LogP) is 2.98. The van der Waals surface area contributed by atoms with Crippen LogP contribution >= 0.6 is 0 Å². The van der Waals surface area contributed by atoms with E-state index in [1.807, 2.05) is 36.4 Å². The predicted molar refractivity (Wildman–Crippen MR) is 81.5 cm³/mol. The molecule has 2 aromatic rings. The monoisotopic (exact) mass is 294 g/mol. The lowest BCUT2D eigenvalue weighted by molar-refractivity contribution is -0.139. The van der Waals surface area contributed by atoms with Gasteiger partial charge in [0.15, 0.2) is 0 Å². The molecule has 1 N–H and O–H groups in total. The minimum Gasteiger partial charge on any atom is -0.478 e. The van der Waals surface area contributed by atoms with E-state index in [0.29, 0.717) is 0 Å². The van der Waals surface area contributed by atoms with Gasteiger partial charge in [-0.1, -0.05) is 48.5 Å². The first-order valence-electron chi connectivity index (χ1n) is 6.93. The van der Waals surface area contributed by atoms with Crippen molar-refractivity contribution in [1.82, 2.24) is 0 Å². The van der Waals surface area contributed by atoms with E-state index in [1.165, 1.54) is 0 Å². The topological polar surface area (TPSA) is 63.6 Å². The quantitative estimate of drug-likeness (QED) is 0.695. The molecule has 0 radical (unpaired) electrons. The lowest BCUT2D eigenvalue weighted by atomic mass is 9.98. The molecule has 1 aliphatic carbocycles. The molecule has 4 heteroatoms. The Kier molecular flexibility index (Phi) is 3.74. The number of carboxylic acids is 1. The van der Waals surface area contributed by atoms with E-state index in [4.69, 9.17) is 9.84 Å². The van der Waals surface area contributed by atoms with Crippen LogP contribution in [0.3, 0.4) is 0 Å². The first kappa shape index (κ1) is 14.1. The van der Waals surface area contributed by atoms with Gasteiger partial charge in [0, 0.05) is 18.1 Å². The van der Waals surface area contributed by atoms with Crippen molar-refractivity contribution in [3.05, 3.63) is 71.8 Å². The number of hydrogen-bond acceptors (Lipinski definition) is 3. The Hall–Kier alpha value is -2.88. The number of rotatable bonds is 4. The molecule has 0 aromatic heterocycles. The van der Waals surface area contributed by atoms with E-state index >= 15 is 0 Å². The van der Waals surface area contributed by atoms with Crippen molar-refractivity contribution < 1.29 is 19.4 Å². The number of carbonyl (C=O) groups excluding carboxylic acids is 1. The second kappa shape index (κ2) is 5.85. The summed E-state index contributed by atoms with van der Waals surface area (Å²) in [5.74, 6) is -1.84. The molecule has 2 aromatic carbocycles. The van der Waals surface area contributed by atoms with Crippen LogP contribution in [0.25, 0.3) is 11.1 Å². The maximum Gasteiger partial charge on any atom is 0.331 e. The van der Waals surface area contributed by atoms with Gasteiger partial charge in [-0.25, -0.2) is 9.59 Å². The third kappa shape index (κ3) is 2.63. The van der Waals surface area contributed by atoms with Crippen molar-refractivity contribution in [1.29, 1.82) is 0 Å².